The maximum absolute atomic E-state index is 6.19. The molecule has 0 amide bonds. The van der Waals surface area contributed by atoms with Gasteiger partial charge in [-0.1, -0.05) is 41.4 Å². The van der Waals surface area contributed by atoms with Gasteiger partial charge in [-0.2, -0.15) is 0 Å². The van der Waals surface area contributed by atoms with Crippen LogP contribution in [0.15, 0.2) is 36.4 Å². The molecule has 2 aromatic rings. The molecule has 3 nitrogen and oxygen atoms in total. The van der Waals surface area contributed by atoms with Crippen LogP contribution in [0.5, 0.6) is 11.5 Å². The average molecular weight is 377 g/mol. The molecule has 0 heterocycles. The maximum Gasteiger partial charge on any atom is 0.166 e. The first-order valence-corrected chi connectivity index (χ1v) is 7.87. The first kappa shape index (κ1) is 19.9. The SMILES string of the molecule is CCOc1cccc(CNC)c1OCc1ccc(Cl)cc1Cl.Cl. The van der Waals surface area contributed by atoms with Crippen LogP contribution in [-0.2, 0) is 13.2 Å². The van der Waals surface area contributed by atoms with Gasteiger partial charge in [-0.3, -0.25) is 0 Å². The van der Waals surface area contributed by atoms with Crippen LogP contribution in [0.3, 0.4) is 0 Å². The second-order valence-corrected chi connectivity index (χ2v) is 5.58. The van der Waals surface area contributed by atoms with E-state index in [-0.39, 0.29) is 12.4 Å². The van der Waals surface area contributed by atoms with Crippen LogP contribution in [0.25, 0.3) is 0 Å². The highest BCUT2D eigenvalue weighted by molar-refractivity contribution is 6.35. The van der Waals surface area contributed by atoms with E-state index < -0.39 is 0 Å². The second kappa shape index (κ2) is 9.89. The first-order chi connectivity index (χ1) is 10.7. The fourth-order valence-electron chi connectivity index (χ4n) is 2.11. The average Bonchev–Trinajstić information content (AvgIpc) is 2.49. The summed E-state index contributed by atoms with van der Waals surface area (Å²) in [6, 6.07) is 11.3. The van der Waals surface area contributed by atoms with Gasteiger partial charge in [-0.25, -0.2) is 0 Å². The Morgan fingerprint density at radius 3 is 2.48 bits per heavy atom. The van der Waals surface area contributed by atoms with Gasteiger partial charge in [0.1, 0.15) is 6.61 Å². The van der Waals surface area contributed by atoms with E-state index in [4.69, 9.17) is 32.7 Å². The fourth-order valence-corrected chi connectivity index (χ4v) is 2.58. The Bertz CT molecular complexity index is 611. The molecule has 0 radical (unpaired) electrons. The molecule has 0 spiro atoms. The molecule has 0 atom stereocenters. The minimum absolute atomic E-state index is 0. The number of ether oxygens (including phenoxy) is 2. The largest absolute Gasteiger partial charge is 0.490 e. The van der Waals surface area contributed by atoms with E-state index in [0.717, 1.165) is 22.6 Å². The van der Waals surface area contributed by atoms with Crippen molar-refractivity contribution in [3.8, 4) is 11.5 Å². The van der Waals surface area contributed by atoms with Crippen LogP contribution in [0.1, 0.15) is 18.1 Å². The molecule has 0 aromatic heterocycles. The van der Waals surface area contributed by atoms with E-state index in [2.05, 4.69) is 5.32 Å². The zero-order valence-electron chi connectivity index (χ0n) is 13.1. The second-order valence-electron chi connectivity index (χ2n) is 4.73. The lowest BCUT2D eigenvalue weighted by molar-refractivity contribution is 0.266. The van der Waals surface area contributed by atoms with E-state index in [9.17, 15) is 0 Å². The van der Waals surface area contributed by atoms with Gasteiger partial charge >= 0.3 is 0 Å². The molecular weight excluding hydrogens is 357 g/mol. The summed E-state index contributed by atoms with van der Waals surface area (Å²) in [6.45, 7) is 3.59. The highest BCUT2D eigenvalue weighted by Gasteiger charge is 2.12. The third kappa shape index (κ3) is 5.47. The number of benzene rings is 2. The van der Waals surface area contributed by atoms with Crippen LogP contribution in [0, 0.1) is 0 Å². The lowest BCUT2D eigenvalue weighted by Gasteiger charge is -2.16. The third-order valence-electron chi connectivity index (χ3n) is 3.11. The lowest BCUT2D eigenvalue weighted by Crippen LogP contribution is -2.09. The number of para-hydroxylation sites is 1. The molecule has 0 unspecified atom stereocenters. The molecule has 23 heavy (non-hydrogen) atoms. The minimum Gasteiger partial charge on any atom is -0.490 e. The van der Waals surface area contributed by atoms with Crippen molar-refractivity contribution < 1.29 is 9.47 Å². The third-order valence-corrected chi connectivity index (χ3v) is 3.70. The Morgan fingerprint density at radius 2 is 1.83 bits per heavy atom. The summed E-state index contributed by atoms with van der Waals surface area (Å²) in [4.78, 5) is 0. The van der Waals surface area contributed by atoms with Crippen molar-refractivity contribution >= 4 is 35.6 Å². The van der Waals surface area contributed by atoms with Gasteiger partial charge in [-0.15, -0.1) is 12.4 Å². The van der Waals surface area contributed by atoms with E-state index in [1.165, 1.54) is 0 Å². The summed E-state index contributed by atoms with van der Waals surface area (Å²) in [5, 5.41) is 4.34. The zero-order chi connectivity index (χ0) is 15.9. The highest BCUT2D eigenvalue weighted by Crippen LogP contribution is 2.33. The standard InChI is InChI=1S/C17H19Cl2NO2.ClH/c1-3-21-16-6-4-5-12(10-20-2)17(16)22-11-13-7-8-14(18)9-15(13)19;/h4-9,20H,3,10-11H2,1-2H3;1H. The molecule has 0 saturated heterocycles. The van der Waals surface area contributed by atoms with E-state index in [0.29, 0.717) is 29.8 Å². The number of hydrogen-bond donors (Lipinski definition) is 1. The van der Waals surface area contributed by atoms with Crippen LogP contribution in [0.2, 0.25) is 10.0 Å². The van der Waals surface area contributed by atoms with Crippen LogP contribution < -0.4 is 14.8 Å². The summed E-state index contributed by atoms with van der Waals surface area (Å²) in [7, 11) is 1.90. The summed E-state index contributed by atoms with van der Waals surface area (Å²) < 4.78 is 11.6. The summed E-state index contributed by atoms with van der Waals surface area (Å²) in [5.41, 5.74) is 1.92. The van der Waals surface area contributed by atoms with Crippen LogP contribution >= 0.6 is 35.6 Å². The molecule has 2 rings (SSSR count). The van der Waals surface area contributed by atoms with Crippen molar-refractivity contribution in [3.05, 3.63) is 57.6 Å². The van der Waals surface area contributed by atoms with E-state index >= 15 is 0 Å². The molecule has 2 aromatic carbocycles. The molecule has 6 heteroatoms. The van der Waals surface area contributed by atoms with E-state index in [1.54, 1.807) is 12.1 Å². The molecule has 1 N–H and O–H groups in total. The van der Waals surface area contributed by atoms with Crippen molar-refractivity contribution in [2.24, 2.45) is 0 Å². The Morgan fingerprint density at radius 1 is 1.04 bits per heavy atom. The molecule has 0 saturated carbocycles. The van der Waals surface area contributed by atoms with Crippen LogP contribution in [-0.4, -0.2) is 13.7 Å². The minimum atomic E-state index is 0. The smallest absolute Gasteiger partial charge is 0.166 e. The summed E-state index contributed by atoms with van der Waals surface area (Å²) in [6.07, 6.45) is 0. The molecule has 0 aliphatic rings. The van der Waals surface area contributed by atoms with Gasteiger partial charge in [0.25, 0.3) is 0 Å². The highest BCUT2D eigenvalue weighted by atomic mass is 35.5. The van der Waals surface area contributed by atoms with Crippen molar-refractivity contribution in [1.29, 1.82) is 0 Å². The molecule has 0 bridgehead atoms. The number of hydrogen-bond acceptors (Lipinski definition) is 3. The predicted octanol–water partition coefficient (Wildman–Crippen LogP) is 5.11. The molecule has 0 aliphatic carbocycles. The Hall–Kier alpha value is -1.13. The van der Waals surface area contributed by atoms with Crippen molar-refractivity contribution in [2.75, 3.05) is 13.7 Å². The van der Waals surface area contributed by atoms with Crippen molar-refractivity contribution in [2.45, 2.75) is 20.1 Å². The molecular formula is C17H20Cl3NO2. The van der Waals surface area contributed by atoms with Gasteiger partial charge in [0.2, 0.25) is 0 Å². The van der Waals surface area contributed by atoms with Crippen molar-refractivity contribution in [1.82, 2.24) is 5.32 Å². The van der Waals surface area contributed by atoms with Gasteiger partial charge in [0.05, 0.1) is 6.61 Å². The van der Waals surface area contributed by atoms with Crippen molar-refractivity contribution in [3.63, 3.8) is 0 Å². The monoisotopic (exact) mass is 375 g/mol. The van der Waals surface area contributed by atoms with Gasteiger partial charge in [-0.05, 0) is 32.2 Å². The number of rotatable bonds is 7. The predicted molar refractivity (Wildman–Crippen MR) is 98.4 cm³/mol. The number of halogens is 3. The molecule has 0 fully saturated rings. The Labute approximate surface area is 153 Å². The van der Waals surface area contributed by atoms with Gasteiger partial charge in [0.15, 0.2) is 11.5 Å². The maximum atomic E-state index is 6.19. The summed E-state index contributed by atoms with van der Waals surface area (Å²) >= 11 is 12.1. The number of nitrogens with one attached hydrogen (secondary N) is 1. The lowest BCUT2D eigenvalue weighted by atomic mass is 10.1. The normalized spacial score (nSPS) is 10.1. The quantitative estimate of drug-likeness (QED) is 0.728. The zero-order valence-corrected chi connectivity index (χ0v) is 15.4. The van der Waals surface area contributed by atoms with Gasteiger partial charge < -0.3 is 14.8 Å². The van der Waals surface area contributed by atoms with Crippen LogP contribution in [0.4, 0.5) is 0 Å². The molecule has 126 valence electrons. The fraction of sp³-hybridized carbons (Fsp3) is 0.294. The topological polar surface area (TPSA) is 30.5 Å². The van der Waals surface area contributed by atoms with Gasteiger partial charge in [0, 0.05) is 27.7 Å². The Kier molecular flexibility index (Phi) is 8.56. The molecule has 0 aliphatic heterocycles. The summed E-state index contributed by atoms with van der Waals surface area (Å²) in [5.74, 6) is 1.48. The van der Waals surface area contributed by atoms with E-state index in [1.807, 2.05) is 38.2 Å². The Balaban J connectivity index is 0.00000264. The first-order valence-electron chi connectivity index (χ1n) is 7.11.